The van der Waals surface area contributed by atoms with Crippen LogP contribution in [0.1, 0.15) is 28.1 Å². The van der Waals surface area contributed by atoms with E-state index in [4.69, 9.17) is 9.40 Å². The van der Waals surface area contributed by atoms with Crippen molar-refractivity contribution < 1.29 is 4.42 Å². The van der Waals surface area contributed by atoms with Gasteiger partial charge in [-0.1, -0.05) is 0 Å². The fourth-order valence-corrected chi connectivity index (χ4v) is 3.71. The van der Waals surface area contributed by atoms with E-state index in [0.29, 0.717) is 0 Å². The number of aryl methyl sites for hydroxylation is 2. The Labute approximate surface area is 151 Å². The van der Waals surface area contributed by atoms with Crippen LogP contribution in [0, 0.1) is 13.8 Å². The molecule has 0 fully saturated rings. The van der Waals surface area contributed by atoms with Gasteiger partial charge < -0.3 is 9.40 Å². The number of aromatic nitrogens is 4. The summed E-state index contributed by atoms with van der Waals surface area (Å²) in [5.41, 5.74) is 8.00. The molecule has 132 valence electrons. The van der Waals surface area contributed by atoms with Gasteiger partial charge in [-0.25, -0.2) is 4.98 Å². The monoisotopic (exact) mass is 347 g/mol. The average Bonchev–Trinajstić information content (AvgIpc) is 3.34. The second-order valence-electron chi connectivity index (χ2n) is 7.10. The molecule has 0 aliphatic carbocycles. The van der Waals surface area contributed by atoms with Crippen molar-refractivity contribution in [2.24, 2.45) is 0 Å². The van der Waals surface area contributed by atoms with Crippen LogP contribution < -0.4 is 0 Å². The van der Waals surface area contributed by atoms with Crippen molar-refractivity contribution in [2.45, 2.75) is 33.4 Å². The molecule has 0 saturated carbocycles. The Bertz CT molecular complexity index is 1030. The van der Waals surface area contributed by atoms with Crippen LogP contribution in [0.4, 0.5) is 0 Å². The van der Waals surface area contributed by atoms with Crippen molar-refractivity contribution in [1.82, 2.24) is 25.1 Å². The topological polar surface area (TPSA) is 73.7 Å². The maximum absolute atomic E-state index is 5.47. The molecule has 0 atom stereocenters. The summed E-state index contributed by atoms with van der Waals surface area (Å²) in [5.74, 6) is 1.87. The molecule has 5 rings (SSSR count). The van der Waals surface area contributed by atoms with Crippen molar-refractivity contribution in [1.29, 1.82) is 0 Å². The predicted molar refractivity (Wildman–Crippen MR) is 99.7 cm³/mol. The third kappa shape index (κ3) is 2.54. The van der Waals surface area contributed by atoms with E-state index in [1.165, 1.54) is 16.7 Å². The van der Waals surface area contributed by atoms with Gasteiger partial charge in [-0.2, -0.15) is 5.10 Å². The molecule has 1 aliphatic heterocycles. The second-order valence-corrected chi connectivity index (χ2v) is 7.10. The van der Waals surface area contributed by atoms with Crippen LogP contribution in [0.15, 0.2) is 34.9 Å². The number of hydrogen-bond donors (Lipinski definition) is 2. The molecule has 0 bridgehead atoms. The Morgan fingerprint density at radius 2 is 2.12 bits per heavy atom. The molecule has 6 heteroatoms. The van der Waals surface area contributed by atoms with Crippen molar-refractivity contribution in [3.63, 3.8) is 0 Å². The first-order valence-electron chi connectivity index (χ1n) is 8.95. The number of imidazole rings is 1. The van der Waals surface area contributed by atoms with Crippen LogP contribution in [0.2, 0.25) is 0 Å². The lowest BCUT2D eigenvalue weighted by molar-refractivity contribution is 0.223. The molecule has 3 aromatic heterocycles. The molecule has 0 radical (unpaired) electrons. The zero-order valence-corrected chi connectivity index (χ0v) is 15.0. The highest BCUT2D eigenvalue weighted by Gasteiger charge is 2.24. The summed E-state index contributed by atoms with van der Waals surface area (Å²) in [7, 11) is 0. The Morgan fingerprint density at radius 1 is 1.23 bits per heavy atom. The largest absolute Gasteiger partial charge is 0.468 e. The lowest BCUT2D eigenvalue weighted by Gasteiger charge is -2.25. The van der Waals surface area contributed by atoms with Crippen molar-refractivity contribution in [2.75, 3.05) is 6.54 Å². The zero-order chi connectivity index (χ0) is 17.7. The standard InChI is InChI=1S/C20H21N5O/c1-12-8-16-17(9-13(12)2)22-20(21-16)19-15-5-6-25(11-18(15)23-24-19)10-14-4-3-7-26-14/h3-4,7-9H,5-6,10-11H2,1-2H3,(H,21,22)(H,23,24). The number of H-pyrrole nitrogens is 2. The summed E-state index contributed by atoms with van der Waals surface area (Å²) in [5, 5.41) is 7.77. The number of rotatable bonds is 3. The number of furan rings is 1. The summed E-state index contributed by atoms with van der Waals surface area (Å²) in [6.07, 6.45) is 2.68. The van der Waals surface area contributed by atoms with Gasteiger partial charge in [0, 0.05) is 18.7 Å². The van der Waals surface area contributed by atoms with Crippen LogP contribution in [0.25, 0.3) is 22.6 Å². The van der Waals surface area contributed by atoms with Gasteiger partial charge >= 0.3 is 0 Å². The number of benzene rings is 1. The Morgan fingerprint density at radius 3 is 2.96 bits per heavy atom. The molecular formula is C20H21N5O. The van der Waals surface area contributed by atoms with Gasteiger partial charge in [-0.3, -0.25) is 10.00 Å². The minimum Gasteiger partial charge on any atom is -0.468 e. The van der Waals surface area contributed by atoms with E-state index in [1.807, 2.05) is 12.1 Å². The van der Waals surface area contributed by atoms with Gasteiger partial charge in [0.2, 0.25) is 0 Å². The number of nitrogens with zero attached hydrogens (tertiary/aromatic N) is 3. The van der Waals surface area contributed by atoms with E-state index in [9.17, 15) is 0 Å². The summed E-state index contributed by atoms with van der Waals surface area (Å²) < 4.78 is 5.47. The Hall–Kier alpha value is -2.86. The van der Waals surface area contributed by atoms with Gasteiger partial charge in [0.05, 0.1) is 29.5 Å². The molecule has 1 aliphatic rings. The van der Waals surface area contributed by atoms with E-state index >= 15 is 0 Å². The van der Waals surface area contributed by atoms with Gasteiger partial charge in [0.25, 0.3) is 0 Å². The molecule has 0 amide bonds. The molecule has 2 N–H and O–H groups in total. The zero-order valence-electron chi connectivity index (χ0n) is 15.0. The van der Waals surface area contributed by atoms with Crippen molar-refractivity contribution in [3.8, 4) is 11.5 Å². The number of hydrogen-bond acceptors (Lipinski definition) is 4. The Balaban J connectivity index is 1.45. The van der Waals surface area contributed by atoms with Gasteiger partial charge in [-0.05, 0) is 55.7 Å². The minimum absolute atomic E-state index is 0.817. The van der Waals surface area contributed by atoms with E-state index in [0.717, 1.165) is 60.1 Å². The normalized spacial score (nSPS) is 14.8. The molecule has 1 aromatic carbocycles. The van der Waals surface area contributed by atoms with Crippen LogP contribution in [0.5, 0.6) is 0 Å². The molecule has 0 unspecified atom stereocenters. The Kier molecular flexibility index (Phi) is 3.46. The average molecular weight is 347 g/mol. The first kappa shape index (κ1) is 15.4. The summed E-state index contributed by atoms with van der Waals surface area (Å²) in [6.45, 7) is 6.87. The number of aromatic amines is 2. The number of fused-ring (bicyclic) bond motifs is 2. The molecule has 26 heavy (non-hydrogen) atoms. The third-order valence-electron chi connectivity index (χ3n) is 5.30. The number of nitrogens with one attached hydrogen (secondary N) is 2. The molecule has 4 aromatic rings. The second kappa shape index (κ2) is 5.85. The van der Waals surface area contributed by atoms with Crippen LogP contribution >= 0.6 is 0 Å². The highest BCUT2D eigenvalue weighted by molar-refractivity contribution is 5.81. The van der Waals surface area contributed by atoms with Crippen LogP contribution in [-0.2, 0) is 19.5 Å². The van der Waals surface area contributed by atoms with Crippen molar-refractivity contribution >= 4 is 11.0 Å². The third-order valence-corrected chi connectivity index (χ3v) is 5.30. The highest BCUT2D eigenvalue weighted by Crippen LogP contribution is 2.29. The van der Waals surface area contributed by atoms with E-state index in [2.05, 4.69) is 46.1 Å². The van der Waals surface area contributed by atoms with Gasteiger partial charge in [0.15, 0.2) is 5.82 Å². The lowest BCUT2D eigenvalue weighted by atomic mass is 10.0. The molecule has 6 nitrogen and oxygen atoms in total. The molecular weight excluding hydrogens is 326 g/mol. The first-order chi connectivity index (χ1) is 12.7. The van der Waals surface area contributed by atoms with E-state index < -0.39 is 0 Å². The molecule has 4 heterocycles. The lowest BCUT2D eigenvalue weighted by Crippen LogP contribution is -2.29. The summed E-state index contributed by atoms with van der Waals surface area (Å²) in [6, 6.07) is 8.25. The smallest absolute Gasteiger partial charge is 0.156 e. The van der Waals surface area contributed by atoms with Gasteiger partial charge in [-0.15, -0.1) is 0 Å². The quantitative estimate of drug-likeness (QED) is 0.592. The maximum atomic E-state index is 5.47. The molecule has 0 saturated heterocycles. The van der Waals surface area contributed by atoms with Gasteiger partial charge in [0.1, 0.15) is 11.5 Å². The highest BCUT2D eigenvalue weighted by atomic mass is 16.3. The SMILES string of the molecule is Cc1cc2nc(-c3[nH]nc4c3CCN(Cc3ccco3)C4)[nH]c2cc1C. The first-order valence-corrected chi connectivity index (χ1v) is 8.95. The molecule has 0 spiro atoms. The van der Waals surface area contributed by atoms with E-state index in [-0.39, 0.29) is 0 Å². The van der Waals surface area contributed by atoms with Crippen molar-refractivity contribution in [3.05, 3.63) is 58.7 Å². The fourth-order valence-electron chi connectivity index (χ4n) is 3.71. The summed E-state index contributed by atoms with van der Waals surface area (Å²) in [4.78, 5) is 10.6. The predicted octanol–water partition coefficient (Wildman–Crippen LogP) is 3.72. The van der Waals surface area contributed by atoms with Crippen LogP contribution in [0.3, 0.4) is 0 Å². The minimum atomic E-state index is 0.817. The van der Waals surface area contributed by atoms with E-state index in [1.54, 1.807) is 6.26 Å². The maximum Gasteiger partial charge on any atom is 0.156 e. The fraction of sp³-hybridized carbons (Fsp3) is 0.300. The summed E-state index contributed by atoms with van der Waals surface area (Å²) >= 11 is 0. The van der Waals surface area contributed by atoms with Crippen LogP contribution in [-0.4, -0.2) is 31.6 Å².